The summed E-state index contributed by atoms with van der Waals surface area (Å²) in [4.78, 5) is 12.5. The number of para-hydroxylation sites is 1. The number of benzene rings is 3. The van der Waals surface area contributed by atoms with E-state index in [1.165, 1.54) is 0 Å². The van der Waals surface area contributed by atoms with Gasteiger partial charge in [0, 0.05) is 10.8 Å². The van der Waals surface area contributed by atoms with E-state index in [0.717, 1.165) is 11.8 Å². The number of rotatable bonds is 5. The first-order valence-corrected chi connectivity index (χ1v) is 7.85. The Hall–Kier alpha value is -3.01. The minimum atomic E-state index is -0.620. The SMILES string of the molecule is CCCOc1cc(C(=O)Oc2ccccc2)c(O)c2ccccc12. The van der Waals surface area contributed by atoms with Crippen molar-refractivity contribution in [2.45, 2.75) is 13.3 Å². The van der Waals surface area contributed by atoms with Gasteiger partial charge in [0.2, 0.25) is 0 Å². The van der Waals surface area contributed by atoms with Crippen molar-refractivity contribution in [3.63, 3.8) is 0 Å². The first-order chi connectivity index (χ1) is 11.7. The Labute approximate surface area is 140 Å². The van der Waals surface area contributed by atoms with Crippen LogP contribution in [0, 0.1) is 0 Å². The maximum atomic E-state index is 12.5. The van der Waals surface area contributed by atoms with Crippen molar-refractivity contribution in [2.24, 2.45) is 0 Å². The molecule has 122 valence electrons. The van der Waals surface area contributed by atoms with E-state index in [1.807, 2.05) is 25.1 Å². The third-order valence-electron chi connectivity index (χ3n) is 3.61. The van der Waals surface area contributed by atoms with Crippen LogP contribution in [0.15, 0.2) is 60.7 Å². The second kappa shape index (κ2) is 7.04. The largest absolute Gasteiger partial charge is 0.506 e. The molecular weight excluding hydrogens is 304 g/mol. The molecule has 0 unspecified atom stereocenters. The highest BCUT2D eigenvalue weighted by atomic mass is 16.5. The van der Waals surface area contributed by atoms with Crippen LogP contribution in [0.1, 0.15) is 23.7 Å². The van der Waals surface area contributed by atoms with Gasteiger partial charge in [-0.05, 0) is 24.6 Å². The molecule has 3 aromatic carbocycles. The van der Waals surface area contributed by atoms with Gasteiger partial charge in [0.1, 0.15) is 22.8 Å². The van der Waals surface area contributed by atoms with E-state index in [0.29, 0.717) is 23.5 Å². The predicted octanol–water partition coefficient (Wildman–Crippen LogP) is 4.55. The minimum Gasteiger partial charge on any atom is -0.506 e. The highest BCUT2D eigenvalue weighted by Gasteiger charge is 2.19. The second-order valence-electron chi connectivity index (χ2n) is 5.37. The lowest BCUT2D eigenvalue weighted by Crippen LogP contribution is -2.09. The van der Waals surface area contributed by atoms with Gasteiger partial charge in [-0.3, -0.25) is 0 Å². The van der Waals surface area contributed by atoms with E-state index in [1.54, 1.807) is 42.5 Å². The molecule has 4 heteroatoms. The van der Waals surface area contributed by atoms with Gasteiger partial charge < -0.3 is 14.6 Å². The Kier molecular flexibility index (Phi) is 4.66. The lowest BCUT2D eigenvalue weighted by Gasteiger charge is -2.13. The molecule has 0 aliphatic carbocycles. The van der Waals surface area contributed by atoms with E-state index in [4.69, 9.17) is 9.47 Å². The monoisotopic (exact) mass is 322 g/mol. The zero-order chi connectivity index (χ0) is 16.9. The Balaban J connectivity index is 2.03. The number of hydrogen-bond acceptors (Lipinski definition) is 4. The highest BCUT2D eigenvalue weighted by Crippen LogP contribution is 2.36. The minimum absolute atomic E-state index is 0.0867. The fourth-order valence-corrected chi connectivity index (χ4v) is 2.46. The second-order valence-corrected chi connectivity index (χ2v) is 5.37. The molecule has 3 rings (SSSR count). The van der Waals surface area contributed by atoms with Gasteiger partial charge in [0.25, 0.3) is 0 Å². The van der Waals surface area contributed by atoms with E-state index in [9.17, 15) is 9.90 Å². The van der Waals surface area contributed by atoms with E-state index < -0.39 is 5.97 Å². The number of ether oxygens (including phenoxy) is 2. The Morgan fingerprint density at radius 3 is 2.38 bits per heavy atom. The number of hydrogen-bond donors (Lipinski definition) is 1. The molecule has 0 atom stereocenters. The van der Waals surface area contributed by atoms with Crippen molar-refractivity contribution >= 4 is 16.7 Å². The third kappa shape index (κ3) is 3.18. The van der Waals surface area contributed by atoms with Crippen molar-refractivity contribution in [2.75, 3.05) is 6.61 Å². The molecule has 0 aromatic heterocycles. The summed E-state index contributed by atoms with van der Waals surface area (Å²) in [5, 5.41) is 11.8. The summed E-state index contributed by atoms with van der Waals surface area (Å²) in [6.07, 6.45) is 0.846. The lowest BCUT2D eigenvalue weighted by atomic mass is 10.0. The van der Waals surface area contributed by atoms with Gasteiger partial charge >= 0.3 is 5.97 Å². The van der Waals surface area contributed by atoms with Crippen molar-refractivity contribution in [3.05, 3.63) is 66.2 Å². The molecule has 0 aliphatic heterocycles. The number of esters is 1. The summed E-state index contributed by atoms with van der Waals surface area (Å²) >= 11 is 0. The fourth-order valence-electron chi connectivity index (χ4n) is 2.46. The fraction of sp³-hybridized carbons (Fsp3) is 0.150. The first kappa shape index (κ1) is 15.9. The number of aromatic hydroxyl groups is 1. The summed E-state index contributed by atoms with van der Waals surface area (Å²) < 4.78 is 11.1. The van der Waals surface area contributed by atoms with Crippen molar-refractivity contribution in [1.82, 2.24) is 0 Å². The van der Waals surface area contributed by atoms with Crippen LogP contribution in [0.4, 0.5) is 0 Å². The summed E-state index contributed by atoms with van der Waals surface area (Å²) in [5.74, 6) is 0.262. The van der Waals surface area contributed by atoms with Crippen molar-refractivity contribution in [1.29, 1.82) is 0 Å². The van der Waals surface area contributed by atoms with Gasteiger partial charge in [-0.2, -0.15) is 0 Å². The van der Waals surface area contributed by atoms with Gasteiger partial charge in [-0.15, -0.1) is 0 Å². The Morgan fingerprint density at radius 1 is 1.00 bits per heavy atom. The van der Waals surface area contributed by atoms with Gasteiger partial charge in [-0.1, -0.05) is 49.4 Å². The van der Waals surface area contributed by atoms with Gasteiger partial charge in [-0.25, -0.2) is 4.79 Å². The first-order valence-electron chi connectivity index (χ1n) is 7.85. The molecule has 0 bridgehead atoms. The molecule has 0 amide bonds. The molecule has 0 spiro atoms. The van der Waals surface area contributed by atoms with Crippen molar-refractivity contribution in [3.8, 4) is 17.2 Å². The van der Waals surface area contributed by atoms with Gasteiger partial charge in [0.15, 0.2) is 0 Å². The van der Waals surface area contributed by atoms with Gasteiger partial charge in [0.05, 0.1) is 6.61 Å². The Bertz CT molecular complexity index is 856. The van der Waals surface area contributed by atoms with Crippen LogP contribution in [0.2, 0.25) is 0 Å². The van der Waals surface area contributed by atoms with Crippen LogP contribution in [-0.4, -0.2) is 17.7 Å². The highest BCUT2D eigenvalue weighted by molar-refractivity contribution is 6.04. The normalized spacial score (nSPS) is 10.5. The molecule has 1 N–H and O–H groups in total. The van der Waals surface area contributed by atoms with E-state index in [2.05, 4.69) is 0 Å². The zero-order valence-electron chi connectivity index (χ0n) is 13.4. The summed E-state index contributed by atoms with van der Waals surface area (Å²) in [7, 11) is 0. The smallest absolute Gasteiger partial charge is 0.347 e. The number of carbonyl (C=O) groups is 1. The van der Waals surface area contributed by atoms with Crippen LogP contribution in [0.3, 0.4) is 0 Å². The van der Waals surface area contributed by atoms with Crippen LogP contribution >= 0.6 is 0 Å². The van der Waals surface area contributed by atoms with Crippen LogP contribution < -0.4 is 9.47 Å². The maximum Gasteiger partial charge on any atom is 0.347 e. The quantitative estimate of drug-likeness (QED) is 0.553. The van der Waals surface area contributed by atoms with Crippen LogP contribution in [-0.2, 0) is 0 Å². The molecule has 0 fully saturated rings. The number of carbonyl (C=O) groups excluding carboxylic acids is 1. The number of phenolic OH excluding ortho intramolecular Hbond substituents is 1. The standard InChI is InChI=1S/C20H18O4/c1-2-12-23-18-13-17(19(21)16-11-7-6-10-15(16)18)20(22)24-14-8-4-3-5-9-14/h3-11,13,21H,2,12H2,1H3. The predicted molar refractivity (Wildman–Crippen MR) is 92.8 cm³/mol. The molecule has 0 saturated heterocycles. The average molecular weight is 322 g/mol. The van der Waals surface area contributed by atoms with Crippen LogP contribution in [0.25, 0.3) is 10.8 Å². The Morgan fingerprint density at radius 2 is 1.67 bits per heavy atom. The lowest BCUT2D eigenvalue weighted by molar-refractivity contribution is 0.0731. The molecule has 0 saturated carbocycles. The molecule has 3 aromatic rings. The van der Waals surface area contributed by atoms with Crippen molar-refractivity contribution < 1.29 is 19.4 Å². The summed E-state index contributed by atoms with van der Waals surface area (Å²) in [6.45, 7) is 2.54. The third-order valence-corrected chi connectivity index (χ3v) is 3.61. The molecule has 24 heavy (non-hydrogen) atoms. The van der Waals surface area contributed by atoms with E-state index >= 15 is 0 Å². The molecule has 0 radical (unpaired) electrons. The topological polar surface area (TPSA) is 55.8 Å². The summed E-state index contributed by atoms with van der Waals surface area (Å²) in [5.41, 5.74) is 0.0867. The molecule has 0 heterocycles. The molecular formula is C20H18O4. The zero-order valence-corrected chi connectivity index (χ0v) is 13.4. The number of phenols is 1. The molecule has 0 aliphatic rings. The average Bonchev–Trinajstić information content (AvgIpc) is 2.62. The van der Waals surface area contributed by atoms with Crippen LogP contribution in [0.5, 0.6) is 17.2 Å². The maximum absolute atomic E-state index is 12.5. The number of fused-ring (bicyclic) bond motifs is 1. The summed E-state index contributed by atoms with van der Waals surface area (Å²) in [6, 6.07) is 17.6. The molecule has 4 nitrogen and oxygen atoms in total. The van der Waals surface area contributed by atoms with E-state index in [-0.39, 0.29) is 11.3 Å².